The lowest BCUT2D eigenvalue weighted by Gasteiger charge is -2.04. The minimum Gasteiger partial charge on any atom is -0.478 e. The largest absolute Gasteiger partial charge is 0.478 e. The fraction of sp³-hybridized carbons (Fsp3) is 0.222. The Morgan fingerprint density at radius 2 is 1.96 bits per heavy atom. The van der Waals surface area contributed by atoms with E-state index in [1.165, 1.54) is 11.3 Å². The third-order valence-electron chi connectivity index (χ3n) is 4.51. The molecular weight excluding hydrogens is 358 g/mol. The quantitative estimate of drug-likeness (QED) is 0.759. The molecular formula is C18H15NO4S2. The summed E-state index contributed by atoms with van der Waals surface area (Å²) in [6.07, 6.45) is 0.630. The van der Waals surface area contributed by atoms with Gasteiger partial charge in [0.15, 0.2) is 9.84 Å². The second-order valence-electron chi connectivity index (χ2n) is 6.26. The molecule has 3 aromatic rings. The summed E-state index contributed by atoms with van der Waals surface area (Å²) in [5, 5.41) is 13.7. The Hall–Kier alpha value is -2.25. The van der Waals surface area contributed by atoms with Gasteiger partial charge in [0, 0.05) is 16.9 Å². The summed E-state index contributed by atoms with van der Waals surface area (Å²) >= 11 is 1.49. The van der Waals surface area contributed by atoms with Crippen LogP contribution in [-0.4, -0.2) is 36.0 Å². The number of sulfone groups is 1. The van der Waals surface area contributed by atoms with E-state index in [9.17, 15) is 13.2 Å². The Kier molecular flexibility index (Phi) is 3.85. The van der Waals surface area contributed by atoms with Gasteiger partial charge in [-0.05, 0) is 35.4 Å². The van der Waals surface area contributed by atoms with E-state index in [1.807, 2.05) is 23.6 Å². The fourth-order valence-electron chi connectivity index (χ4n) is 3.15. The van der Waals surface area contributed by atoms with Crippen molar-refractivity contribution in [2.24, 2.45) is 0 Å². The van der Waals surface area contributed by atoms with Gasteiger partial charge in [0.25, 0.3) is 0 Å². The number of hydrogen-bond acceptors (Lipinski definition) is 5. The van der Waals surface area contributed by atoms with Crippen LogP contribution in [0.15, 0.2) is 41.8 Å². The molecule has 0 spiro atoms. The summed E-state index contributed by atoms with van der Waals surface area (Å²) in [7, 11) is -2.93. The van der Waals surface area contributed by atoms with Gasteiger partial charge >= 0.3 is 5.97 Å². The Bertz CT molecular complexity index is 1090. The molecule has 7 heteroatoms. The average Bonchev–Trinajstić information content (AvgIpc) is 3.20. The summed E-state index contributed by atoms with van der Waals surface area (Å²) in [5.41, 5.74) is 1.99. The van der Waals surface area contributed by atoms with Crippen LogP contribution in [0.2, 0.25) is 0 Å². The topological polar surface area (TPSA) is 84.3 Å². The van der Waals surface area contributed by atoms with Crippen molar-refractivity contribution >= 4 is 37.9 Å². The number of carboxylic acid groups (broad SMARTS) is 1. The van der Waals surface area contributed by atoms with E-state index < -0.39 is 15.8 Å². The molecule has 5 nitrogen and oxygen atoms in total. The molecule has 25 heavy (non-hydrogen) atoms. The lowest BCUT2D eigenvalue weighted by atomic mass is 10.0. The molecule has 1 atom stereocenters. The standard InChI is InChI=1S/C18H15NO4S2/c20-18(21)13-4-2-11-1-3-12(7-15(11)8-13)17-19-16(9-24-17)14-5-6-25(22,23)10-14/h1-4,7-9,14H,5-6,10H2,(H,20,21). The summed E-state index contributed by atoms with van der Waals surface area (Å²) in [6, 6.07) is 10.9. The molecule has 0 bridgehead atoms. The highest BCUT2D eigenvalue weighted by molar-refractivity contribution is 7.91. The van der Waals surface area contributed by atoms with Crippen molar-refractivity contribution < 1.29 is 18.3 Å². The maximum absolute atomic E-state index is 11.7. The Morgan fingerprint density at radius 3 is 2.68 bits per heavy atom. The van der Waals surface area contributed by atoms with Crippen LogP contribution in [0.5, 0.6) is 0 Å². The predicted octanol–water partition coefficient (Wildman–Crippen LogP) is 3.56. The molecule has 1 saturated heterocycles. The molecule has 0 radical (unpaired) electrons. The summed E-state index contributed by atoms with van der Waals surface area (Å²) in [4.78, 5) is 15.8. The van der Waals surface area contributed by atoms with E-state index in [0.717, 1.165) is 27.0 Å². The number of rotatable bonds is 3. The predicted molar refractivity (Wildman–Crippen MR) is 98.0 cm³/mol. The van der Waals surface area contributed by atoms with E-state index in [1.54, 1.807) is 18.2 Å². The molecule has 1 N–H and O–H groups in total. The SMILES string of the molecule is O=C(O)c1ccc2ccc(-c3nc(C4CCS(=O)(=O)C4)cs3)cc2c1. The molecule has 2 heterocycles. The van der Waals surface area contributed by atoms with Gasteiger partial charge < -0.3 is 5.11 Å². The number of benzene rings is 2. The Morgan fingerprint density at radius 1 is 1.16 bits per heavy atom. The summed E-state index contributed by atoms with van der Waals surface area (Å²) in [6.45, 7) is 0. The van der Waals surface area contributed by atoms with Crippen LogP contribution in [0.1, 0.15) is 28.4 Å². The second kappa shape index (κ2) is 5.93. The zero-order valence-electron chi connectivity index (χ0n) is 13.2. The number of carboxylic acids is 1. The molecule has 1 fully saturated rings. The number of aromatic nitrogens is 1. The molecule has 0 aliphatic carbocycles. The van der Waals surface area contributed by atoms with Crippen molar-refractivity contribution in [3.05, 3.63) is 53.0 Å². The maximum atomic E-state index is 11.7. The van der Waals surface area contributed by atoms with Crippen LogP contribution >= 0.6 is 11.3 Å². The highest BCUT2D eigenvalue weighted by Crippen LogP contribution is 2.33. The molecule has 1 aromatic heterocycles. The second-order valence-corrected chi connectivity index (χ2v) is 9.35. The van der Waals surface area contributed by atoms with Gasteiger partial charge in [-0.1, -0.05) is 18.2 Å². The van der Waals surface area contributed by atoms with E-state index in [-0.39, 0.29) is 23.0 Å². The van der Waals surface area contributed by atoms with E-state index in [4.69, 9.17) is 5.11 Å². The van der Waals surface area contributed by atoms with Gasteiger partial charge in [-0.2, -0.15) is 0 Å². The average molecular weight is 373 g/mol. The fourth-order valence-corrected chi connectivity index (χ4v) is 5.81. The molecule has 1 aliphatic heterocycles. The van der Waals surface area contributed by atoms with Crippen LogP contribution < -0.4 is 0 Å². The number of aromatic carboxylic acids is 1. The molecule has 4 rings (SSSR count). The molecule has 128 valence electrons. The van der Waals surface area contributed by atoms with Gasteiger partial charge in [-0.25, -0.2) is 18.2 Å². The van der Waals surface area contributed by atoms with E-state index in [0.29, 0.717) is 6.42 Å². The smallest absolute Gasteiger partial charge is 0.335 e. The van der Waals surface area contributed by atoms with Crippen LogP contribution in [0.3, 0.4) is 0 Å². The normalized spacial score (nSPS) is 19.3. The zero-order valence-corrected chi connectivity index (χ0v) is 14.8. The molecule has 1 unspecified atom stereocenters. The van der Waals surface area contributed by atoms with Crippen LogP contribution in [0.4, 0.5) is 0 Å². The monoisotopic (exact) mass is 373 g/mol. The van der Waals surface area contributed by atoms with Crippen molar-refractivity contribution in [3.8, 4) is 10.6 Å². The molecule has 0 saturated carbocycles. The first kappa shape index (κ1) is 16.2. The van der Waals surface area contributed by atoms with Gasteiger partial charge in [0.2, 0.25) is 0 Å². The van der Waals surface area contributed by atoms with Gasteiger partial charge in [-0.15, -0.1) is 11.3 Å². The van der Waals surface area contributed by atoms with Crippen molar-refractivity contribution in [1.82, 2.24) is 4.98 Å². The first-order valence-corrected chi connectivity index (χ1v) is 10.5. The van der Waals surface area contributed by atoms with Gasteiger partial charge in [-0.3, -0.25) is 0 Å². The van der Waals surface area contributed by atoms with Crippen LogP contribution in [0, 0.1) is 0 Å². The Balaban J connectivity index is 1.69. The number of hydrogen-bond donors (Lipinski definition) is 1. The van der Waals surface area contributed by atoms with Crippen LogP contribution in [0.25, 0.3) is 21.3 Å². The van der Waals surface area contributed by atoms with Crippen molar-refractivity contribution in [2.75, 3.05) is 11.5 Å². The zero-order chi connectivity index (χ0) is 17.6. The number of thiazole rings is 1. The molecule has 2 aromatic carbocycles. The van der Waals surface area contributed by atoms with E-state index in [2.05, 4.69) is 4.98 Å². The van der Waals surface area contributed by atoms with Gasteiger partial charge in [0.1, 0.15) is 5.01 Å². The summed E-state index contributed by atoms with van der Waals surface area (Å²) in [5.74, 6) is -0.561. The first-order valence-electron chi connectivity index (χ1n) is 7.85. The lowest BCUT2D eigenvalue weighted by Crippen LogP contribution is -2.03. The van der Waals surface area contributed by atoms with Gasteiger partial charge in [0.05, 0.1) is 22.8 Å². The highest BCUT2D eigenvalue weighted by Gasteiger charge is 2.30. The number of carbonyl (C=O) groups is 1. The van der Waals surface area contributed by atoms with Crippen LogP contribution in [-0.2, 0) is 9.84 Å². The van der Waals surface area contributed by atoms with Crippen molar-refractivity contribution in [3.63, 3.8) is 0 Å². The Labute approximate surface area is 148 Å². The lowest BCUT2D eigenvalue weighted by molar-refractivity contribution is 0.0697. The molecule has 0 amide bonds. The summed E-state index contributed by atoms with van der Waals surface area (Å²) < 4.78 is 23.3. The third kappa shape index (κ3) is 3.17. The van der Waals surface area contributed by atoms with E-state index >= 15 is 0 Å². The molecule has 1 aliphatic rings. The minimum atomic E-state index is -2.93. The number of nitrogens with zero attached hydrogens (tertiary/aromatic N) is 1. The number of fused-ring (bicyclic) bond motifs is 1. The maximum Gasteiger partial charge on any atom is 0.335 e. The highest BCUT2D eigenvalue weighted by atomic mass is 32.2. The van der Waals surface area contributed by atoms with Crippen molar-refractivity contribution in [2.45, 2.75) is 12.3 Å². The third-order valence-corrected chi connectivity index (χ3v) is 7.18. The van der Waals surface area contributed by atoms with Crippen molar-refractivity contribution in [1.29, 1.82) is 0 Å². The minimum absolute atomic E-state index is 0.0194. The first-order chi connectivity index (χ1) is 11.9.